The van der Waals surface area contributed by atoms with Crippen molar-refractivity contribution < 1.29 is 4.79 Å². The molecule has 3 aromatic rings. The zero-order valence-electron chi connectivity index (χ0n) is 14.9. The predicted octanol–water partition coefficient (Wildman–Crippen LogP) is 4.88. The summed E-state index contributed by atoms with van der Waals surface area (Å²) >= 11 is 0. The lowest BCUT2D eigenvalue weighted by Gasteiger charge is -2.25. The van der Waals surface area contributed by atoms with E-state index in [1.165, 1.54) is 29.5 Å². The quantitative estimate of drug-likeness (QED) is 0.729. The number of amides is 1. The van der Waals surface area contributed by atoms with E-state index in [0.29, 0.717) is 0 Å². The number of hydrogen-bond acceptors (Lipinski definition) is 1. The number of hydrogen-bond donors (Lipinski definition) is 1. The maximum absolute atomic E-state index is 13.0. The highest BCUT2D eigenvalue weighted by molar-refractivity contribution is 5.99. The summed E-state index contributed by atoms with van der Waals surface area (Å²) in [5, 5.41) is 1.22. The molecule has 0 spiro atoms. The zero-order chi connectivity index (χ0) is 17.4. The van der Waals surface area contributed by atoms with E-state index in [-0.39, 0.29) is 11.9 Å². The van der Waals surface area contributed by atoms with Gasteiger partial charge < -0.3 is 9.88 Å². The van der Waals surface area contributed by atoms with Crippen LogP contribution in [-0.4, -0.2) is 22.8 Å². The molecule has 128 valence electrons. The molecule has 3 heteroatoms. The summed E-state index contributed by atoms with van der Waals surface area (Å²) in [6.45, 7) is 2.07. The number of fused-ring (bicyclic) bond motifs is 3. The molecular formula is C22H24N2O. The minimum atomic E-state index is 0.0459. The molecule has 2 aromatic carbocycles. The number of carbonyl (C=O) groups excluding carboxylic acids is 1. The molecule has 0 bridgehead atoms. The highest BCUT2D eigenvalue weighted by Gasteiger charge is 2.21. The van der Waals surface area contributed by atoms with Crippen LogP contribution in [0.4, 0.5) is 0 Å². The molecule has 1 heterocycles. The number of rotatable bonds is 3. The molecule has 0 saturated heterocycles. The largest absolute Gasteiger partial charge is 0.358 e. The molecular weight excluding hydrogens is 308 g/mol. The van der Waals surface area contributed by atoms with Crippen LogP contribution in [0.2, 0.25) is 0 Å². The Labute approximate surface area is 148 Å². The van der Waals surface area contributed by atoms with Crippen LogP contribution in [0.25, 0.3) is 10.9 Å². The molecule has 1 aromatic heterocycles. The molecule has 0 unspecified atom stereocenters. The van der Waals surface area contributed by atoms with Crippen molar-refractivity contribution in [3.8, 4) is 0 Å². The van der Waals surface area contributed by atoms with Crippen molar-refractivity contribution in [3.63, 3.8) is 0 Å². The van der Waals surface area contributed by atoms with Gasteiger partial charge in [0.15, 0.2) is 0 Å². The van der Waals surface area contributed by atoms with Crippen LogP contribution in [0, 0.1) is 0 Å². The molecule has 3 nitrogen and oxygen atoms in total. The molecule has 0 fully saturated rings. The van der Waals surface area contributed by atoms with Crippen LogP contribution in [-0.2, 0) is 12.8 Å². The molecule has 1 amide bonds. The summed E-state index contributed by atoms with van der Waals surface area (Å²) < 4.78 is 0. The monoisotopic (exact) mass is 332 g/mol. The van der Waals surface area contributed by atoms with E-state index in [4.69, 9.17) is 0 Å². The maximum Gasteiger partial charge on any atom is 0.254 e. The van der Waals surface area contributed by atoms with E-state index in [2.05, 4.69) is 36.2 Å². The molecule has 1 aliphatic rings. The molecule has 0 radical (unpaired) electrons. The number of aromatic amines is 1. The molecule has 1 atom stereocenters. The topological polar surface area (TPSA) is 36.1 Å². The van der Waals surface area contributed by atoms with Crippen LogP contribution in [0.15, 0.2) is 48.5 Å². The predicted molar refractivity (Wildman–Crippen MR) is 102 cm³/mol. The fourth-order valence-corrected chi connectivity index (χ4v) is 3.87. The number of H-pyrrole nitrogens is 1. The second-order valence-electron chi connectivity index (χ2n) is 7.05. The van der Waals surface area contributed by atoms with Crippen molar-refractivity contribution in [1.82, 2.24) is 9.88 Å². The summed E-state index contributed by atoms with van der Waals surface area (Å²) in [6, 6.07) is 16.3. The first-order chi connectivity index (χ1) is 12.1. The second-order valence-corrected chi connectivity index (χ2v) is 7.05. The first-order valence-electron chi connectivity index (χ1n) is 9.10. The van der Waals surface area contributed by atoms with Gasteiger partial charge in [0.1, 0.15) is 0 Å². The third kappa shape index (κ3) is 2.84. The van der Waals surface area contributed by atoms with Gasteiger partial charge in [0.25, 0.3) is 5.91 Å². The van der Waals surface area contributed by atoms with Crippen molar-refractivity contribution in [2.75, 3.05) is 7.05 Å². The fraction of sp³-hybridized carbons (Fsp3) is 0.318. The SMILES string of the molecule is C[C@@H](c1ccccc1)N(C)C(=O)c1ccc2[nH]c3c(c2c1)CCCC3. The Balaban J connectivity index is 1.65. The number of aromatic nitrogens is 1. The van der Waals surface area contributed by atoms with E-state index < -0.39 is 0 Å². The van der Waals surface area contributed by atoms with Crippen LogP contribution in [0.3, 0.4) is 0 Å². The number of benzene rings is 2. The summed E-state index contributed by atoms with van der Waals surface area (Å²) in [5.74, 6) is 0.0732. The molecule has 0 saturated carbocycles. The standard InChI is InChI=1S/C22H24N2O/c1-15(16-8-4-3-5-9-16)24(2)22(25)17-12-13-21-19(14-17)18-10-6-7-11-20(18)23-21/h3-5,8-9,12-15,23H,6-7,10-11H2,1-2H3/t15-/m0/s1. The zero-order valence-corrected chi connectivity index (χ0v) is 14.9. The Hall–Kier alpha value is -2.55. The molecule has 1 aliphatic carbocycles. The average molecular weight is 332 g/mol. The van der Waals surface area contributed by atoms with Gasteiger partial charge in [-0.1, -0.05) is 30.3 Å². The lowest BCUT2D eigenvalue weighted by atomic mass is 9.95. The van der Waals surface area contributed by atoms with Crippen molar-refractivity contribution in [2.45, 2.75) is 38.6 Å². The Morgan fingerprint density at radius 2 is 1.84 bits per heavy atom. The Morgan fingerprint density at radius 1 is 1.08 bits per heavy atom. The summed E-state index contributed by atoms with van der Waals surface area (Å²) in [7, 11) is 1.89. The van der Waals surface area contributed by atoms with Gasteiger partial charge in [0.05, 0.1) is 6.04 Å². The van der Waals surface area contributed by atoms with E-state index >= 15 is 0 Å². The van der Waals surface area contributed by atoms with Crippen LogP contribution in [0.1, 0.15) is 53.0 Å². The number of carbonyl (C=O) groups is 1. The van der Waals surface area contributed by atoms with E-state index in [0.717, 1.165) is 29.5 Å². The minimum absolute atomic E-state index is 0.0459. The molecule has 25 heavy (non-hydrogen) atoms. The first kappa shape index (κ1) is 15.9. The first-order valence-corrected chi connectivity index (χ1v) is 9.10. The number of aryl methyl sites for hydroxylation is 2. The Kier molecular flexibility index (Phi) is 4.08. The van der Waals surface area contributed by atoms with Gasteiger partial charge in [-0.15, -0.1) is 0 Å². The van der Waals surface area contributed by atoms with Crippen LogP contribution < -0.4 is 0 Å². The van der Waals surface area contributed by atoms with Gasteiger partial charge in [0.2, 0.25) is 0 Å². The van der Waals surface area contributed by atoms with Gasteiger partial charge in [-0.25, -0.2) is 0 Å². The lowest BCUT2D eigenvalue weighted by molar-refractivity contribution is 0.0743. The van der Waals surface area contributed by atoms with E-state index in [1.54, 1.807) is 0 Å². The third-order valence-electron chi connectivity index (χ3n) is 5.53. The fourth-order valence-electron chi connectivity index (χ4n) is 3.87. The average Bonchev–Trinajstić information content (AvgIpc) is 3.04. The van der Waals surface area contributed by atoms with Gasteiger partial charge in [-0.3, -0.25) is 4.79 Å². The van der Waals surface area contributed by atoms with Crippen molar-refractivity contribution in [3.05, 3.63) is 70.9 Å². The molecule has 1 N–H and O–H groups in total. The molecule has 0 aliphatic heterocycles. The maximum atomic E-state index is 13.0. The summed E-state index contributed by atoms with van der Waals surface area (Å²) in [5.41, 5.74) is 5.84. The second kappa shape index (κ2) is 6.40. The van der Waals surface area contributed by atoms with Crippen LogP contribution >= 0.6 is 0 Å². The van der Waals surface area contributed by atoms with Crippen molar-refractivity contribution >= 4 is 16.8 Å². The highest BCUT2D eigenvalue weighted by atomic mass is 16.2. The minimum Gasteiger partial charge on any atom is -0.358 e. The molecule has 4 rings (SSSR count). The number of nitrogens with zero attached hydrogens (tertiary/aromatic N) is 1. The Bertz CT molecular complexity index is 910. The summed E-state index contributed by atoms with van der Waals surface area (Å²) in [6.07, 6.45) is 4.73. The van der Waals surface area contributed by atoms with E-state index in [1.807, 2.05) is 36.2 Å². The Morgan fingerprint density at radius 3 is 2.64 bits per heavy atom. The van der Waals surface area contributed by atoms with Crippen molar-refractivity contribution in [1.29, 1.82) is 0 Å². The lowest BCUT2D eigenvalue weighted by Crippen LogP contribution is -2.29. The third-order valence-corrected chi connectivity index (χ3v) is 5.53. The van der Waals surface area contributed by atoms with Gasteiger partial charge in [-0.2, -0.15) is 0 Å². The van der Waals surface area contributed by atoms with E-state index in [9.17, 15) is 4.79 Å². The van der Waals surface area contributed by atoms with Crippen LogP contribution in [0.5, 0.6) is 0 Å². The van der Waals surface area contributed by atoms with Gasteiger partial charge >= 0.3 is 0 Å². The van der Waals surface area contributed by atoms with Crippen molar-refractivity contribution in [2.24, 2.45) is 0 Å². The van der Waals surface area contributed by atoms with Gasteiger partial charge in [-0.05, 0) is 61.9 Å². The normalized spacial score (nSPS) is 15.0. The number of nitrogens with one attached hydrogen (secondary N) is 1. The highest BCUT2D eigenvalue weighted by Crippen LogP contribution is 2.30. The van der Waals surface area contributed by atoms with Gasteiger partial charge in [0, 0.05) is 29.2 Å². The summed E-state index contributed by atoms with van der Waals surface area (Å²) in [4.78, 5) is 18.4. The smallest absolute Gasteiger partial charge is 0.254 e.